The molecule has 2 heterocycles. The first-order chi connectivity index (χ1) is 12.9. The van der Waals surface area contributed by atoms with Gasteiger partial charge >= 0.3 is 0 Å². The first-order valence-corrected chi connectivity index (χ1v) is 10.3. The molecule has 0 atom stereocenters. The number of rotatable bonds is 9. The van der Waals surface area contributed by atoms with Crippen LogP contribution in [0.1, 0.15) is 55.5 Å². The van der Waals surface area contributed by atoms with E-state index in [0.29, 0.717) is 11.8 Å². The summed E-state index contributed by atoms with van der Waals surface area (Å²) in [5.41, 5.74) is 2.91. The Labute approximate surface area is 161 Å². The maximum atomic E-state index is 14.0. The average Bonchev–Trinajstić information content (AvgIpc) is 3.09. The summed E-state index contributed by atoms with van der Waals surface area (Å²) in [4.78, 5) is 2.22. The first-order valence-electron chi connectivity index (χ1n) is 10.3. The number of halogens is 2. The monoisotopic (exact) mass is 384 g/mol. The van der Waals surface area contributed by atoms with Crippen molar-refractivity contribution in [2.45, 2.75) is 64.0 Å². The molecule has 1 saturated carbocycles. The number of fused-ring (bicyclic) bond motifs is 1. The number of hydrogen-bond acceptors (Lipinski definition) is 4. The molecule has 1 aromatic rings. The Bertz CT molecular complexity index is 611. The van der Waals surface area contributed by atoms with Crippen molar-refractivity contribution in [3.63, 3.8) is 0 Å². The molecule has 1 aliphatic carbocycles. The first kappa shape index (κ1) is 20.7. The van der Waals surface area contributed by atoms with Crippen molar-refractivity contribution < 1.29 is 13.5 Å². The molecule has 3 rings (SSSR count). The van der Waals surface area contributed by atoms with E-state index >= 15 is 0 Å². The minimum Gasteiger partial charge on any atom is -0.381 e. The summed E-state index contributed by atoms with van der Waals surface area (Å²) in [7, 11) is 4.01. The van der Waals surface area contributed by atoms with Gasteiger partial charge in [0.15, 0.2) is 0 Å². The smallest absolute Gasteiger partial charge is 0.272 e. The SMILES string of the molecule is CCOCC1CCC(c2c(CN(C)CCNC)nn3c2CC(F)(F)C3)CC1. The fraction of sp³-hybridized carbons (Fsp3) is 0.850. The quantitative estimate of drug-likeness (QED) is 0.711. The van der Waals surface area contributed by atoms with Gasteiger partial charge in [-0.2, -0.15) is 5.10 Å². The van der Waals surface area contributed by atoms with Gasteiger partial charge in [0, 0.05) is 44.1 Å². The number of likely N-dealkylation sites (N-methyl/N-ethyl adjacent to an activating group) is 2. The second kappa shape index (κ2) is 8.97. The normalized spacial score (nSPS) is 24.5. The highest BCUT2D eigenvalue weighted by Crippen LogP contribution is 2.42. The van der Waals surface area contributed by atoms with Crippen LogP contribution in [0.5, 0.6) is 0 Å². The van der Waals surface area contributed by atoms with Crippen molar-refractivity contribution in [2.75, 3.05) is 40.4 Å². The summed E-state index contributed by atoms with van der Waals surface area (Å²) >= 11 is 0. The van der Waals surface area contributed by atoms with Crippen molar-refractivity contribution in [1.82, 2.24) is 20.0 Å². The molecule has 154 valence electrons. The lowest BCUT2D eigenvalue weighted by Gasteiger charge is -2.29. The van der Waals surface area contributed by atoms with Gasteiger partial charge < -0.3 is 10.1 Å². The van der Waals surface area contributed by atoms with E-state index in [1.165, 1.54) is 0 Å². The summed E-state index contributed by atoms with van der Waals surface area (Å²) in [6.07, 6.45) is 4.17. The number of hydrogen-bond donors (Lipinski definition) is 1. The highest BCUT2D eigenvalue weighted by Gasteiger charge is 2.42. The van der Waals surface area contributed by atoms with Crippen LogP contribution in [0.2, 0.25) is 0 Å². The van der Waals surface area contributed by atoms with E-state index < -0.39 is 5.92 Å². The van der Waals surface area contributed by atoms with Gasteiger partial charge in [-0.25, -0.2) is 8.78 Å². The van der Waals surface area contributed by atoms with Crippen LogP contribution in [0.15, 0.2) is 0 Å². The zero-order valence-corrected chi connectivity index (χ0v) is 16.9. The number of nitrogens with zero attached hydrogens (tertiary/aromatic N) is 3. The molecule has 7 heteroatoms. The van der Waals surface area contributed by atoms with Crippen molar-refractivity contribution in [3.8, 4) is 0 Å². The van der Waals surface area contributed by atoms with E-state index in [9.17, 15) is 8.78 Å². The number of nitrogens with one attached hydrogen (secondary N) is 1. The largest absolute Gasteiger partial charge is 0.381 e. The van der Waals surface area contributed by atoms with Gasteiger partial charge in [-0.05, 0) is 58.5 Å². The van der Waals surface area contributed by atoms with Crippen molar-refractivity contribution in [3.05, 3.63) is 17.0 Å². The molecular formula is C20H34F2N4O. The summed E-state index contributed by atoms with van der Waals surface area (Å²) in [6.45, 7) is 5.88. The lowest BCUT2D eigenvalue weighted by molar-refractivity contribution is 0.000659. The van der Waals surface area contributed by atoms with E-state index in [2.05, 4.69) is 22.4 Å². The Morgan fingerprint density at radius 2 is 2.04 bits per heavy atom. The van der Waals surface area contributed by atoms with Crippen LogP contribution >= 0.6 is 0 Å². The predicted octanol–water partition coefficient (Wildman–Crippen LogP) is 3.04. The third kappa shape index (κ3) is 5.06. The van der Waals surface area contributed by atoms with Gasteiger partial charge in [0.05, 0.1) is 12.1 Å². The van der Waals surface area contributed by atoms with Crippen LogP contribution < -0.4 is 5.32 Å². The second-order valence-corrected chi connectivity index (χ2v) is 8.22. The van der Waals surface area contributed by atoms with Crippen molar-refractivity contribution in [2.24, 2.45) is 5.92 Å². The van der Waals surface area contributed by atoms with Gasteiger partial charge in [-0.1, -0.05) is 0 Å². The third-order valence-electron chi connectivity index (χ3n) is 5.96. The number of alkyl halides is 2. The van der Waals surface area contributed by atoms with E-state index in [0.717, 1.165) is 75.5 Å². The van der Waals surface area contributed by atoms with E-state index in [1.807, 2.05) is 14.0 Å². The molecule has 2 aliphatic rings. The maximum absolute atomic E-state index is 14.0. The predicted molar refractivity (Wildman–Crippen MR) is 102 cm³/mol. The highest BCUT2D eigenvalue weighted by molar-refractivity contribution is 5.34. The number of aromatic nitrogens is 2. The molecule has 1 aromatic heterocycles. The molecular weight excluding hydrogens is 350 g/mol. The Balaban J connectivity index is 1.74. The Morgan fingerprint density at radius 3 is 2.70 bits per heavy atom. The zero-order chi connectivity index (χ0) is 19.4. The van der Waals surface area contributed by atoms with Gasteiger partial charge in [0.25, 0.3) is 5.92 Å². The zero-order valence-electron chi connectivity index (χ0n) is 16.9. The molecule has 5 nitrogen and oxygen atoms in total. The molecule has 0 aromatic carbocycles. The van der Waals surface area contributed by atoms with Gasteiger partial charge in [0.2, 0.25) is 0 Å². The molecule has 0 bridgehead atoms. The lowest BCUT2D eigenvalue weighted by Crippen LogP contribution is -2.28. The molecule has 1 fully saturated rings. The van der Waals surface area contributed by atoms with Gasteiger partial charge in [-0.3, -0.25) is 9.58 Å². The molecule has 0 radical (unpaired) electrons. The molecule has 1 N–H and O–H groups in total. The van der Waals surface area contributed by atoms with E-state index in [1.54, 1.807) is 4.68 Å². The summed E-state index contributed by atoms with van der Waals surface area (Å²) in [6, 6.07) is 0. The fourth-order valence-electron chi connectivity index (χ4n) is 4.53. The highest BCUT2D eigenvalue weighted by atomic mass is 19.3. The van der Waals surface area contributed by atoms with Crippen LogP contribution in [-0.4, -0.2) is 61.0 Å². The van der Waals surface area contributed by atoms with Crippen LogP contribution in [0.25, 0.3) is 0 Å². The summed E-state index contributed by atoms with van der Waals surface area (Å²) in [5.74, 6) is -1.69. The third-order valence-corrected chi connectivity index (χ3v) is 5.96. The molecule has 0 spiro atoms. The Kier molecular flexibility index (Phi) is 6.87. The molecule has 1 aliphatic heterocycles. The van der Waals surface area contributed by atoms with Crippen LogP contribution in [0.4, 0.5) is 8.78 Å². The average molecular weight is 385 g/mol. The standard InChI is InChI=1S/C20H34F2N4O/c1-4-27-13-15-5-7-16(8-6-15)19-17(12-25(3)10-9-23-2)24-26-14-20(21,22)11-18(19)26/h15-16,23H,4-14H2,1-3H3. The Morgan fingerprint density at radius 1 is 1.30 bits per heavy atom. The van der Waals surface area contributed by atoms with Crippen molar-refractivity contribution in [1.29, 1.82) is 0 Å². The summed E-state index contributed by atoms with van der Waals surface area (Å²) in [5, 5.41) is 7.78. The second-order valence-electron chi connectivity index (χ2n) is 8.22. The lowest BCUT2D eigenvalue weighted by atomic mass is 9.78. The minimum absolute atomic E-state index is 0.158. The summed E-state index contributed by atoms with van der Waals surface area (Å²) < 4.78 is 35.1. The molecule has 0 unspecified atom stereocenters. The molecule has 27 heavy (non-hydrogen) atoms. The van der Waals surface area contributed by atoms with Gasteiger partial charge in [-0.15, -0.1) is 0 Å². The van der Waals surface area contributed by atoms with Crippen molar-refractivity contribution >= 4 is 0 Å². The van der Waals surface area contributed by atoms with Crippen LogP contribution in [-0.2, 0) is 24.2 Å². The topological polar surface area (TPSA) is 42.3 Å². The fourth-order valence-corrected chi connectivity index (χ4v) is 4.53. The Hall–Kier alpha value is -1.05. The molecule has 0 amide bonds. The minimum atomic E-state index is -2.65. The van der Waals surface area contributed by atoms with E-state index in [4.69, 9.17) is 4.74 Å². The number of ether oxygens (including phenoxy) is 1. The maximum Gasteiger partial charge on any atom is 0.272 e. The van der Waals surface area contributed by atoms with Gasteiger partial charge in [0.1, 0.15) is 6.54 Å². The van der Waals surface area contributed by atoms with Crippen LogP contribution in [0.3, 0.4) is 0 Å². The molecule has 0 saturated heterocycles. The van der Waals surface area contributed by atoms with E-state index in [-0.39, 0.29) is 13.0 Å². The van der Waals surface area contributed by atoms with Crippen LogP contribution in [0, 0.1) is 5.92 Å².